The minimum Gasteiger partial charge on any atom is -0.454 e. The van der Waals surface area contributed by atoms with Crippen LogP contribution in [-0.4, -0.2) is 0 Å². The predicted molar refractivity (Wildman–Crippen MR) is 96.2 cm³/mol. The van der Waals surface area contributed by atoms with Crippen molar-refractivity contribution in [3.05, 3.63) is 64.5 Å². The molecule has 0 amide bonds. The average Bonchev–Trinajstić information content (AvgIpc) is 2.91. The van der Waals surface area contributed by atoms with Crippen LogP contribution in [0, 0.1) is 0 Å². The topological polar surface area (TPSA) is 69.4 Å². The van der Waals surface area contributed by atoms with Gasteiger partial charge in [-0.1, -0.05) is 32.0 Å². The van der Waals surface area contributed by atoms with Crippen LogP contribution >= 0.6 is 0 Å². The van der Waals surface area contributed by atoms with E-state index in [1.807, 2.05) is 42.5 Å². The van der Waals surface area contributed by atoms with Crippen LogP contribution in [0.3, 0.4) is 0 Å². The normalized spacial score (nSPS) is 11.6. The van der Waals surface area contributed by atoms with Crippen molar-refractivity contribution in [1.29, 1.82) is 0 Å². The summed E-state index contributed by atoms with van der Waals surface area (Å²) >= 11 is 0. The van der Waals surface area contributed by atoms with Crippen molar-refractivity contribution in [2.24, 2.45) is 0 Å². The van der Waals surface area contributed by atoms with Gasteiger partial charge >= 0.3 is 5.63 Å². The number of fused-ring (bicyclic) bond motifs is 2. The van der Waals surface area contributed by atoms with Gasteiger partial charge in [-0.05, 0) is 35.7 Å². The molecule has 24 heavy (non-hydrogen) atoms. The minimum atomic E-state index is -0.422. The van der Waals surface area contributed by atoms with E-state index in [0.717, 1.165) is 16.3 Å². The molecule has 0 atom stereocenters. The Morgan fingerprint density at radius 2 is 1.67 bits per heavy atom. The molecule has 4 aromatic rings. The average molecular weight is 319 g/mol. The Bertz CT molecular complexity index is 1120. The van der Waals surface area contributed by atoms with Gasteiger partial charge in [0.25, 0.3) is 0 Å². The summed E-state index contributed by atoms with van der Waals surface area (Å²) in [4.78, 5) is 12.0. The summed E-state index contributed by atoms with van der Waals surface area (Å²) in [6.45, 7) is 4.24. The third-order valence-electron chi connectivity index (χ3n) is 4.31. The van der Waals surface area contributed by atoms with Crippen molar-refractivity contribution < 1.29 is 8.83 Å². The van der Waals surface area contributed by atoms with Crippen molar-refractivity contribution in [1.82, 2.24) is 0 Å². The summed E-state index contributed by atoms with van der Waals surface area (Å²) in [6, 6.07) is 14.9. The molecule has 4 nitrogen and oxygen atoms in total. The molecule has 0 saturated heterocycles. The standard InChI is InChI=1S/C20H17NO3/c1-11(2)12-7-8-17-14(9-12)15(10-18(22)23-17)20-19(21)13-5-3-4-6-16(13)24-20/h3-11H,21H2,1-2H3. The number of para-hydroxylation sites is 1. The number of rotatable bonds is 2. The summed E-state index contributed by atoms with van der Waals surface area (Å²) in [7, 11) is 0. The molecular formula is C20H17NO3. The van der Waals surface area contributed by atoms with Gasteiger partial charge in [0.05, 0.1) is 5.69 Å². The van der Waals surface area contributed by atoms with E-state index >= 15 is 0 Å². The maximum atomic E-state index is 12.0. The van der Waals surface area contributed by atoms with Crippen molar-refractivity contribution in [3.8, 4) is 11.3 Å². The lowest BCUT2D eigenvalue weighted by molar-refractivity contribution is 0.559. The van der Waals surface area contributed by atoms with Crippen LogP contribution in [0.5, 0.6) is 0 Å². The molecule has 0 spiro atoms. The smallest absolute Gasteiger partial charge is 0.336 e. The third-order valence-corrected chi connectivity index (χ3v) is 4.31. The van der Waals surface area contributed by atoms with E-state index in [1.54, 1.807) is 0 Å². The van der Waals surface area contributed by atoms with E-state index in [1.165, 1.54) is 6.07 Å². The zero-order chi connectivity index (χ0) is 16.8. The van der Waals surface area contributed by atoms with E-state index in [-0.39, 0.29) is 0 Å². The molecule has 2 heterocycles. The number of benzene rings is 2. The molecule has 0 aliphatic heterocycles. The van der Waals surface area contributed by atoms with Gasteiger partial charge in [0.15, 0.2) is 5.76 Å². The second-order valence-corrected chi connectivity index (χ2v) is 6.23. The van der Waals surface area contributed by atoms with Crippen molar-refractivity contribution in [2.45, 2.75) is 19.8 Å². The van der Waals surface area contributed by atoms with Crippen LogP contribution in [0.15, 0.2) is 62.2 Å². The first-order valence-corrected chi connectivity index (χ1v) is 7.90. The molecule has 0 aliphatic rings. The largest absolute Gasteiger partial charge is 0.454 e. The van der Waals surface area contributed by atoms with E-state index in [4.69, 9.17) is 14.6 Å². The highest BCUT2D eigenvalue weighted by Crippen LogP contribution is 2.38. The first kappa shape index (κ1) is 14.6. The molecule has 2 aromatic heterocycles. The van der Waals surface area contributed by atoms with Crippen LogP contribution < -0.4 is 11.4 Å². The van der Waals surface area contributed by atoms with Crippen molar-refractivity contribution in [2.75, 3.05) is 5.73 Å². The molecule has 0 unspecified atom stereocenters. The van der Waals surface area contributed by atoms with Crippen LogP contribution in [0.1, 0.15) is 25.3 Å². The molecule has 0 radical (unpaired) electrons. The van der Waals surface area contributed by atoms with Gasteiger partial charge in [0, 0.05) is 22.4 Å². The van der Waals surface area contributed by atoms with Crippen LogP contribution in [0.4, 0.5) is 5.69 Å². The Kier molecular flexibility index (Phi) is 3.20. The van der Waals surface area contributed by atoms with E-state index < -0.39 is 5.63 Å². The highest BCUT2D eigenvalue weighted by molar-refractivity contribution is 6.03. The summed E-state index contributed by atoms with van der Waals surface area (Å²) < 4.78 is 11.3. The minimum absolute atomic E-state index is 0.363. The van der Waals surface area contributed by atoms with Gasteiger partial charge in [-0.2, -0.15) is 0 Å². The highest BCUT2D eigenvalue weighted by atomic mass is 16.4. The summed E-state index contributed by atoms with van der Waals surface area (Å²) in [5, 5.41) is 1.67. The Hall–Kier alpha value is -3.01. The van der Waals surface area contributed by atoms with Crippen LogP contribution in [0.25, 0.3) is 33.3 Å². The molecule has 120 valence electrons. The lowest BCUT2D eigenvalue weighted by atomic mass is 9.98. The molecule has 0 fully saturated rings. The molecule has 0 saturated carbocycles. The predicted octanol–water partition coefficient (Wildman–Crippen LogP) is 4.91. The maximum Gasteiger partial charge on any atom is 0.336 e. The zero-order valence-corrected chi connectivity index (χ0v) is 13.5. The van der Waals surface area contributed by atoms with Crippen molar-refractivity contribution in [3.63, 3.8) is 0 Å². The van der Waals surface area contributed by atoms with E-state index in [2.05, 4.69) is 13.8 Å². The molecule has 4 heteroatoms. The second-order valence-electron chi connectivity index (χ2n) is 6.23. The highest BCUT2D eigenvalue weighted by Gasteiger charge is 2.17. The Morgan fingerprint density at radius 1 is 0.917 bits per heavy atom. The lowest BCUT2D eigenvalue weighted by Gasteiger charge is -2.09. The van der Waals surface area contributed by atoms with Gasteiger partial charge in [-0.25, -0.2) is 4.79 Å². The van der Waals surface area contributed by atoms with Crippen LogP contribution in [-0.2, 0) is 0 Å². The summed E-state index contributed by atoms with van der Waals surface area (Å²) in [6.07, 6.45) is 0. The number of furan rings is 1. The number of hydrogen-bond acceptors (Lipinski definition) is 4. The number of nitrogen functional groups attached to an aromatic ring is 1. The van der Waals surface area contributed by atoms with Gasteiger partial charge < -0.3 is 14.6 Å². The first-order chi connectivity index (χ1) is 11.5. The number of anilines is 1. The summed E-state index contributed by atoms with van der Waals surface area (Å²) in [5.74, 6) is 0.872. The first-order valence-electron chi connectivity index (χ1n) is 7.90. The van der Waals surface area contributed by atoms with Gasteiger partial charge in [-0.3, -0.25) is 0 Å². The fourth-order valence-corrected chi connectivity index (χ4v) is 2.99. The van der Waals surface area contributed by atoms with Gasteiger partial charge in [-0.15, -0.1) is 0 Å². The second kappa shape index (κ2) is 5.27. The molecule has 4 rings (SSSR count). The fraction of sp³-hybridized carbons (Fsp3) is 0.150. The van der Waals surface area contributed by atoms with E-state index in [9.17, 15) is 4.79 Å². The molecule has 0 aliphatic carbocycles. The Labute approximate surface area is 138 Å². The molecule has 0 bridgehead atoms. The van der Waals surface area contributed by atoms with Crippen molar-refractivity contribution >= 4 is 27.6 Å². The molecule has 2 aromatic carbocycles. The summed E-state index contributed by atoms with van der Waals surface area (Å²) in [5.41, 5.74) is 9.45. The maximum absolute atomic E-state index is 12.0. The SMILES string of the molecule is CC(C)c1ccc2oc(=O)cc(-c3oc4ccccc4c3N)c2c1. The quantitative estimate of drug-likeness (QED) is 0.533. The molecular weight excluding hydrogens is 302 g/mol. The van der Waals surface area contributed by atoms with Crippen LogP contribution in [0.2, 0.25) is 0 Å². The van der Waals surface area contributed by atoms with E-state index in [0.29, 0.717) is 34.1 Å². The van der Waals surface area contributed by atoms with Gasteiger partial charge in [0.2, 0.25) is 0 Å². The molecule has 2 N–H and O–H groups in total. The number of hydrogen-bond donors (Lipinski definition) is 1. The van der Waals surface area contributed by atoms with Gasteiger partial charge in [0.1, 0.15) is 11.2 Å². The monoisotopic (exact) mass is 319 g/mol. The lowest BCUT2D eigenvalue weighted by Crippen LogP contribution is -1.99. The zero-order valence-electron chi connectivity index (χ0n) is 13.5. The Balaban J connectivity index is 2.09. The third kappa shape index (κ3) is 2.19. The fourth-order valence-electron chi connectivity index (χ4n) is 2.99. The number of nitrogens with two attached hydrogens (primary N) is 1. The Morgan fingerprint density at radius 3 is 2.42 bits per heavy atom.